The monoisotopic (exact) mass is 330 g/mol. The molecular formula is C17H16NO6-. The summed E-state index contributed by atoms with van der Waals surface area (Å²) < 4.78 is 10.5. The number of ketones is 1. The lowest BCUT2D eigenvalue weighted by atomic mass is 9.82. The summed E-state index contributed by atoms with van der Waals surface area (Å²) >= 11 is 0. The highest BCUT2D eigenvalue weighted by Crippen LogP contribution is 2.38. The Balaban J connectivity index is 1.87. The number of hydrogen-bond donors (Lipinski definition) is 1. The van der Waals surface area contributed by atoms with Crippen molar-refractivity contribution in [3.63, 3.8) is 0 Å². The fraction of sp³-hybridized carbons (Fsp3) is 0.353. The number of carboxylic acids is 1. The molecule has 0 aromatic heterocycles. The molecule has 2 aliphatic rings. The van der Waals surface area contributed by atoms with E-state index in [0.717, 1.165) is 0 Å². The van der Waals surface area contributed by atoms with Gasteiger partial charge in [-0.05, 0) is 25.8 Å². The van der Waals surface area contributed by atoms with E-state index in [1.807, 2.05) is 0 Å². The molecule has 0 fully saturated rings. The van der Waals surface area contributed by atoms with Gasteiger partial charge in [-0.1, -0.05) is 12.2 Å². The normalized spacial score (nSPS) is 21.4. The first kappa shape index (κ1) is 16.0. The molecule has 1 N–H and O–H groups in total. The second kappa shape index (κ2) is 6.35. The fourth-order valence-electron chi connectivity index (χ4n) is 2.93. The van der Waals surface area contributed by atoms with Gasteiger partial charge in [-0.15, -0.1) is 0 Å². The zero-order valence-electron chi connectivity index (χ0n) is 13.0. The zero-order chi connectivity index (χ0) is 17.3. The first-order valence-corrected chi connectivity index (χ1v) is 7.58. The highest BCUT2D eigenvalue weighted by Gasteiger charge is 2.31. The van der Waals surface area contributed by atoms with Crippen LogP contribution in [0.1, 0.15) is 30.1 Å². The highest BCUT2D eigenvalue weighted by atomic mass is 16.7. The molecule has 0 spiro atoms. The molecule has 0 radical (unpaired) electrons. The maximum absolute atomic E-state index is 12.5. The Morgan fingerprint density at radius 2 is 1.71 bits per heavy atom. The number of amides is 1. The molecule has 3 rings (SSSR count). The number of carbonyl (C=O) groups is 3. The van der Waals surface area contributed by atoms with Crippen LogP contribution in [0.15, 0.2) is 24.3 Å². The summed E-state index contributed by atoms with van der Waals surface area (Å²) in [4.78, 5) is 35.6. The first-order chi connectivity index (χ1) is 11.5. The van der Waals surface area contributed by atoms with Crippen LogP contribution >= 0.6 is 0 Å². The molecule has 1 aromatic carbocycles. The summed E-state index contributed by atoms with van der Waals surface area (Å²) in [5.74, 6) is -2.73. The smallest absolute Gasteiger partial charge is 0.231 e. The van der Waals surface area contributed by atoms with Crippen LogP contribution in [0.5, 0.6) is 11.5 Å². The van der Waals surface area contributed by atoms with Crippen molar-refractivity contribution in [1.82, 2.24) is 0 Å². The molecule has 0 unspecified atom stereocenters. The van der Waals surface area contributed by atoms with E-state index in [1.54, 1.807) is 12.2 Å². The Morgan fingerprint density at radius 1 is 1.08 bits per heavy atom. The molecule has 1 aliphatic carbocycles. The van der Waals surface area contributed by atoms with Crippen LogP contribution in [0.2, 0.25) is 0 Å². The van der Waals surface area contributed by atoms with E-state index in [2.05, 4.69) is 5.32 Å². The van der Waals surface area contributed by atoms with E-state index < -0.39 is 23.7 Å². The van der Waals surface area contributed by atoms with Crippen molar-refractivity contribution >= 4 is 23.3 Å². The predicted octanol–water partition coefficient (Wildman–Crippen LogP) is 0.889. The minimum Gasteiger partial charge on any atom is -0.550 e. The Labute approximate surface area is 138 Å². The van der Waals surface area contributed by atoms with Gasteiger partial charge in [0, 0.05) is 23.5 Å². The third-order valence-corrected chi connectivity index (χ3v) is 4.22. The van der Waals surface area contributed by atoms with E-state index in [-0.39, 0.29) is 30.2 Å². The minimum absolute atomic E-state index is 0.0459. The van der Waals surface area contributed by atoms with Gasteiger partial charge in [0.2, 0.25) is 12.7 Å². The highest BCUT2D eigenvalue weighted by molar-refractivity contribution is 6.05. The average Bonchev–Trinajstić information content (AvgIpc) is 3.01. The summed E-state index contributed by atoms with van der Waals surface area (Å²) in [5, 5.41) is 13.9. The number of rotatable bonds is 4. The molecule has 0 saturated heterocycles. The Kier molecular flexibility index (Phi) is 4.24. The largest absolute Gasteiger partial charge is 0.550 e. The predicted molar refractivity (Wildman–Crippen MR) is 81.6 cm³/mol. The SMILES string of the molecule is CC(=O)c1cc2c(cc1NC(=O)[C@@H]1CC=CC[C@H]1C(=O)[O-])OCO2. The summed E-state index contributed by atoms with van der Waals surface area (Å²) in [7, 11) is 0. The molecule has 7 nitrogen and oxygen atoms in total. The van der Waals surface area contributed by atoms with Crippen LogP contribution in [0.4, 0.5) is 5.69 Å². The fourth-order valence-corrected chi connectivity index (χ4v) is 2.93. The summed E-state index contributed by atoms with van der Waals surface area (Å²) in [6, 6.07) is 3.03. The second-order valence-corrected chi connectivity index (χ2v) is 5.77. The van der Waals surface area contributed by atoms with Crippen LogP contribution in [0.25, 0.3) is 0 Å². The van der Waals surface area contributed by atoms with Gasteiger partial charge in [0.05, 0.1) is 11.6 Å². The van der Waals surface area contributed by atoms with Crippen molar-refractivity contribution in [2.24, 2.45) is 11.8 Å². The molecule has 1 amide bonds. The van der Waals surface area contributed by atoms with Gasteiger partial charge in [-0.2, -0.15) is 0 Å². The lowest BCUT2D eigenvalue weighted by Crippen LogP contribution is -2.41. The van der Waals surface area contributed by atoms with Crippen LogP contribution in [0, 0.1) is 11.8 Å². The quantitative estimate of drug-likeness (QED) is 0.649. The molecule has 2 atom stereocenters. The number of carbonyl (C=O) groups excluding carboxylic acids is 3. The number of carboxylic acid groups (broad SMARTS) is 1. The molecule has 0 saturated carbocycles. The van der Waals surface area contributed by atoms with Crippen molar-refractivity contribution in [3.8, 4) is 11.5 Å². The molecule has 7 heteroatoms. The average molecular weight is 330 g/mol. The topological polar surface area (TPSA) is 105 Å². The van der Waals surface area contributed by atoms with Gasteiger partial charge in [-0.25, -0.2) is 0 Å². The number of ether oxygens (including phenoxy) is 2. The molecule has 126 valence electrons. The van der Waals surface area contributed by atoms with E-state index >= 15 is 0 Å². The summed E-state index contributed by atoms with van der Waals surface area (Å²) in [6.07, 6.45) is 4.06. The van der Waals surface area contributed by atoms with Gasteiger partial charge in [-0.3, -0.25) is 9.59 Å². The van der Waals surface area contributed by atoms with Gasteiger partial charge < -0.3 is 24.7 Å². The Morgan fingerprint density at radius 3 is 2.33 bits per heavy atom. The first-order valence-electron chi connectivity index (χ1n) is 7.58. The number of allylic oxidation sites excluding steroid dienone is 2. The molecular weight excluding hydrogens is 314 g/mol. The zero-order valence-corrected chi connectivity index (χ0v) is 13.0. The van der Waals surface area contributed by atoms with Crippen LogP contribution < -0.4 is 19.9 Å². The Bertz CT molecular complexity index is 739. The standard InChI is InChI=1S/C17H17NO6/c1-9(19)12-6-14-15(24-8-23-14)7-13(12)18-16(20)10-4-2-3-5-11(10)17(21)22/h2-3,6-7,10-11H,4-5,8H2,1H3,(H,18,20)(H,21,22)/p-1/t10-,11-/m1/s1. The van der Waals surface area contributed by atoms with Gasteiger partial charge >= 0.3 is 0 Å². The van der Waals surface area contributed by atoms with E-state index in [1.165, 1.54) is 19.1 Å². The lowest BCUT2D eigenvalue weighted by Gasteiger charge is -2.28. The van der Waals surface area contributed by atoms with Crippen LogP contribution in [-0.2, 0) is 9.59 Å². The minimum atomic E-state index is -1.25. The second-order valence-electron chi connectivity index (χ2n) is 5.77. The number of benzene rings is 1. The van der Waals surface area contributed by atoms with Gasteiger partial charge in [0.25, 0.3) is 0 Å². The number of nitrogens with one attached hydrogen (secondary N) is 1. The van der Waals surface area contributed by atoms with Crippen molar-refractivity contribution in [1.29, 1.82) is 0 Å². The van der Waals surface area contributed by atoms with Crippen LogP contribution in [-0.4, -0.2) is 24.5 Å². The van der Waals surface area contributed by atoms with Crippen molar-refractivity contribution in [2.75, 3.05) is 12.1 Å². The maximum Gasteiger partial charge on any atom is 0.231 e. The third-order valence-electron chi connectivity index (χ3n) is 4.22. The van der Waals surface area contributed by atoms with Gasteiger partial charge in [0.1, 0.15) is 0 Å². The van der Waals surface area contributed by atoms with Crippen molar-refractivity contribution in [2.45, 2.75) is 19.8 Å². The number of hydrogen-bond acceptors (Lipinski definition) is 6. The third kappa shape index (κ3) is 2.97. The number of anilines is 1. The van der Waals surface area contributed by atoms with E-state index in [9.17, 15) is 19.5 Å². The Hall–Kier alpha value is -2.83. The van der Waals surface area contributed by atoms with E-state index in [0.29, 0.717) is 17.9 Å². The van der Waals surface area contributed by atoms with Crippen molar-refractivity contribution in [3.05, 3.63) is 29.8 Å². The molecule has 1 heterocycles. The molecule has 0 bridgehead atoms. The lowest BCUT2D eigenvalue weighted by molar-refractivity contribution is -0.313. The maximum atomic E-state index is 12.5. The number of Topliss-reactive ketones (excluding diaryl/α,β-unsaturated/α-hetero) is 1. The summed E-state index contributed by atoms with van der Waals surface area (Å²) in [6.45, 7) is 1.42. The number of aliphatic carboxylic acids is 1. The van der Waals surface area contributed by atoms with Gasteiger partial charge in [0.15, 0.2) is 17.3 Å². The molecule has 24 heavy (non-hydrogen) atoms. The van der Waals surface area contributed by atoms with Crippen LogP contribution in [0.3, 0.4) is 0 Å². The van der Waals surface area contributed by atoms with E-state index in [4.69, 9.17) is 9.47 Å². The molecule has 1 aromatic rings. The molecule has 1 aliphatic heterocycles. The number of fused-ring (bicyclic) bond motifs is 1. The summed E-state index contributed by atoms with van der Waals surface area (Å²) in [5.41, 5.74) is 0.562. The van der Waals surface area contributed by atoms with Crippen molar-refractivity contribution < 1.29 is 29.0 Å².